The predicted molar refractivity (Wildman–Crippen MR) is 93.0 cm³/mol. The number of hydrogen-bond donors (Lipinski definition) is 2. The quantitative estimate of drug-likeness (QED) is 0.454. The first-order valence-corrected chi connectivity index (χ1v) is 7.65. The number of alkyl carbamates (subject to hydrolysis) is 1. The molecule has 2 aromatic rings. The van der Waals surface area contributed by atoms with E-state index >= 15 is 0 Å². The molecule has 0 aromatic heterocycles. The van der Waals surface area contributed by atoms with Crippen LogP contribution in [0.5, 0.6) is 5.75 Å². The van der Waals surface area contributed by atoms with Gasteiger partial charge in [0.05, 0.1) is 4.92 Å². The first kappa shape index (κ1) is 18.0. The Balaban J connectivity index is 1.70. The fraction of sp³-hybridized carbons (Fsp3) is 0.167. The molecule has 0 fully saturated rings. The number of carbonyl (C=O) groups excluding carboxylic acids is 1. The van der Waals surface area contributed by atoms with Gasteiger partial charge in [-0.15, -0.1) is 0 Å². The monoisotopic (exact) mass is 342 g/mol. The van der Waals surface area contributed by atoms with E-state index in [-0.39, 0.29) is 18.0 Å². The summed E-state index contributed by atoms with van der Waals surface area (Å²) < 4.78 is 5.07. The second-order valence-electron chi connectivity index (χ2n) is 5.18. The molecule has 130 valence electrons. The third-order valence-corrected chi connectivity index (χ3v) is 3.30. The molecule has 0 radical (unpaired) electrons. The molecular weight excluding hydrogens is 324 g/mol. The summed E-state index contributed by atoms with van der Waals surface area (Å²) in [6.07, 6.45) is 3.56. The molecule has 0 saturated carbocycles. The van der Waals surface area contributed by atoms with Crippen LogP contribution in [0, 0.1) is 10.1 Å². The second kappa shape index (κ2) is 9.07. The average molecular weight is 342 g/mol. The van der Waals surface area contributed by atoms with Crippen LogP contribution in [-0.2, 0) is 11.3 Å². The maximum absolute atomic E-state index is 11.5. The highest BCUT2D eigenvalue weighted by molar-refractivity contribution is 5.67. The number of rotatable bonds is 7. The lowest BCUT2D eigenvalue weighted by Crippen LogP contribution is -2.24. The van der Waals surface area contributed by atoms with Gasteiger partial charge < -0.3 is 15.2 Å². The van der Waals surface area contributed by atoms with Crippen LogP contribution < -0.4 is 5.32 Å². The maximum atomic E-state index is 11.5. The third kappa shape index (κ3) is 5.98. The van der Waals surface area contributed by atoms with Gasteiger partial charge in [0.15, 0.2) is 5.75 Å². The number of phenolic OH excluding ortho intramolecular Hbond substituents is 1. The van der Waals surface area contributed by atoms with Crippen LogP contribution in [0.4, 0.5) is 10.5 Å². The number of hydrogen-bond acceptors (Lipinski definition) is 5. The zero-order chi connectivity index (χ0) is 18.1. The lowest BCUT2D eigenvalue weighted by atomic mass is 10.1. The van der Waals surface area contributed by atoms with Gasteiger partial charge in [-0.1, -0.05) is 42.5 Å². The van der Waals surface area contributed by atoms with Crippen LogP contribution >= 0.6 is 0 Å². The average Bonchev–Trinajstić information content (AvgIpc) is 2.60. The van der Waals surface area contributed by atoms with E-state index in [0.29, 0.717) is 18.5 Å². The molecule has 25 heavy (non-hydrogen) atoms. The van der Waals surface area contributed by atoms with Gasteiger partial charge in [-0.3, -0.25) is 10.1 Å². The largest absolute Gasteiger partial charge is 0.502 e. The van der Waals surface area contributed by atoms with Crippen molar-refractivity contribution in [1.82, 2.24) is 5.32 Å². The number of aromatic hydroxyl groups is 1. The first-order chi connectivity index (χ1) is 12.1. The fourth-order valence-electron chi connectivity index (χ4n) is 2.05. The number of benzene rings is 2. The Morgan fingerprint density at radius 2 is 2.00 bits per heavy atom. The maximum Gasteiger partial charge on any atom is 0.407 e. The van der Waals surface area contributed by atoms with Gasteiger partial charge in [-0.25, -0.2) is 4.79 Å². The summed E-state index contributed by atoms with van der Waals surface area (Å²) in [5.41, 5.74) is 1.21. The molecule has 0 bridgehead atoms. The normalized spacial score (nSPS) is 10.6. The summed E-state index contributed by atoms with van der Waals surface area (Å²) in [5, 5.41) is 22.8. The predicted octanol–water partition coefficient (Wildman–Crippen LogP) is 3.63. The van der Waals surface area contributed by atoms with Crippen molar-refractivity contribution in [2.24, 2.45) is 0 Å². The lowest BCUT2D eigenvalue weighted by molar-refractivity contribution is -0.385. The van der Waals surface area contributed by atoms with Crippen molar-refractivity contribution in [1.29, 1.82) is 0 Å². The van der Waals surface area contributed by atoms with Crippen LogP contribution in [0.15, 0.2) is 54.6 Å². The molecule has 0 saturated heterocycles. The van der Waals surface area contributed by atoms with Crippen molar-refractivity contribution in [2.75, 3.05) is 6.54 Å². The van der Waals surface area contributed by atoms with Crippen LogP contribution in [0.2, 0.25) is 0 Å². The van der Waals surface area contributed by atoms with Crippen molar-refractivity contribution in [3.8, 4) is 5.75 Å². The molecule has 7 nitrogen and oxygen atoms in total. The van der Waals surface area contributed by atoms with E-state index in [0.717, 1.165) is 5.56 Å². The van der Waals surface area contributed by atoms with Crippen molar-refractivity contribution in [3.63, 3.8) is 0 Å². The molecular formula is C18H18N2O5. The number of nitrogens with one attached hydrogen (secondary N) is 1. The molecule has 0 aliphatic heterocycles. The number of nitro benzene ring substituents is 1. The van der Waals surface area contributed by atoms with Crippen molar-refractivity contribution in [2.45, 2.75) is 13.0 Å². The highest BCUT2D eigenvalue weighted by Crippen LogP contribution is 2.26. The molecule has 2 N–H and O–H groups in total. The number of phenols is 1. The van der Waals surface area contributed by atoms with Gasteiger partial charge in [0, 0.05) is 12.6 Å². The first-order valence-electron chi connectivity index (χ1n) is 7.65. The van der Waals surface area contributed by atoms with Crippen LogP contribution in [0.3, 0.4) is 0 Å². The van der Waals surface area contributed by atoms with E-state index in [4.69, 9.17) is 4.74 Å². The number of amides is 1. The van der Waals surface area contributed by atoms with Crippen LogP contribution in [0.1, 0.15) is 17.5 Å². The van der Waals surface area contributed by atoms with Crippen LogP contribution in [-0.4, -0.2) is 22.7 Å². The fourth-order valence-corrected chi connectivity index (χ4v) is 2.05. The summed E-state index contributed by atoms with van der Waals surface area (Å²) in [6.45, 7) is 0.605. The summed E-state index contributed by atoms with van der Waals surface area (Å²) in [4.78, 5) is 21.5. The SMILES string of the molecule is O=C(NCCC=Cc1ccc([N+](=O)[O-])c(O)c1)OCc1ccccc1. The number of ether oxygens (including phenoxy) is 1. The number of carbonyl (C=O) groups is 1. The minimum Gasteiger partial charge on any atom is -0.502 e. The highest BCUT2D eigenvalue weighted by atomic mass is 16.6. The lowest BCUT2D eigenvalue weighted by Gasteiger charge is -2.05. The molecule has 7 heteroatoms. The second-order valence-corrected chi connectivity index (χ2v) is 5.18. The standard InChI is InChI=1S/C18H18N2O5/c21-17-12-14(9-10-16(17)20(23)24)6-4-5-11-19-18(22)25-13-15-7-2-1-3-8-15/h1-4,6-10,12,21H,5,11,13H2,(H,19,22). The van der Waals surface area contributed by atoms with E-state index < -0.39 is 11.0 Å². The summed E-state index contributed by atoms with van der Waals surface area (Å²) in [7, 11) is 0. The van der Waals surface area contributed by atoms with E-state index in [1.807, 2.05) is 30.3 Å². The Bertz CT molecular complexity index is 759. The molecule has 0 aliphatic rings. The van der Waals surface area contributed by atoms with Crippen molar-refractivity contribution >= 4 is 17.9 Å². The van der Waals surface area contributed by atoms with Gasteiger partial charge in [0.1, 0.15) is 6.61 Å². The minimum atomic E-state index is -0.645. The molecule has 0 atom stereocenters. The Kier molecular flexibility index (Phi) is 6.53. The third-order valence-electron chi connectivity index (χ3n) is 3.30. The van der Waals surface area contributed by atoms with Gasteiger partial charge in [0.25, 0.3) is 0 Å². The Hall–Kier alpha value is -3.35. The molecule has 0 heterocycles. The number of nitrogens with zero attached hydrogens (tertiary/aromatic N) is 1. The van der Waals surface area contributed by atoms with Gasteiger partial charge >= 0.3 is 11.8 Å². The molecule has 0 spiro atoms. The van der Waals surface area contributed by atoms with Crippen LogP contribution in [0.25, 0.3) is 6.08 Å². The van der Waals surface area contributed by atoms with Gasteiger partial charge in [0.2, 0.25) is 0 Å². The van der Waals surface area contributed by atoms with E-state index in [2.05, 4.69) is 5.32 Å². The molecule has 1 amide bonds. The minimum absolute atomic E-state index is 0.213. The molecule has 2 aromatic carbocycles. The summed E-state index contributed by atoms with van der Waals surface area (Å²) >= 11 is 0. The Morgan fingerprint density at radius 1 is 1.24 bits per heavy atom. The topological polar surface area (TPSA) is 102 Å². The Morgan fingerprint density at radius 3 is 2.68 bits per heavy atom. The smallest absolute Gasteiger partial charge is 0.407 e. The van der Waals surface area contributed by atoms with E-state index in [1.165, 1.54) is 18.2 Å². The molecule has 2 rings (SSSR count). The van der Waals surface area contributed by atoms with Crippen molar-refractivity contribution < 1.29 is 19.6 Å². The molecule has 0 aliphatic carbocycles. The number of nitro groups is 1. The van der Waals surface area contributed by atoms with Crippen molar-refractivity contribution in [3.05, 3.63) is 75.8 Å². The van der Waals surface area contributed by atoms with E-state index in [9.17, 15) is 20.0 Å². The zero-order valence-corrected chi connectivity index (χ0v) is 13.4. The van der Waals surface area contributed by atoms with E-state index in [1.54, 1.807) is 12.2 Å². The summed E-state index contributed by atoms with van der Waals surface area (Å²) in [6, 6.07) is 13.5. The van der Waals surface area contributed by atoms with Gasteiger partial charge in [-0.05, 0) is 29.7 Å². The highest BCUT2D eigenvalue weighted by Gasteiger charge is 2.11. The zero-order valence-electron chi connectivity index (χ0n) is 13.4. The molecule has 0 unspecified atom stereocenters. The van der Waals surface area contributed by atoms with Gasteiger partial charge in [-0.2, -0.15) is 0 Å². The Labute approximate surface area is 144 Å². The summed E-state index contributed by atoms with van der Waals surface area (Å²) in [5.74, 6) is -0.380.